The molecule has 1 aromatic rings. The number of rotatable bonds is 2. The third-order valence-corrected chi connectivity index (χ3v) is 3.09. The van der Waals surface area contributed by atoms with Crippen LogP contribution in [0, 0.1) is 5.92 Å². The highest BCUT2D eigenvalue weighted by Crippen LogP contribution is 2.36. The zero-order valence-corrected chi connectivity index (χ0v) is 8.60. The molecule has 1 aliphatic carbocycles. The summed E-state index contributed by atoms with van der Waals surface area (Å²) in [5.41, 5.74) is -1.09. The molecule has 1 fully saturated rings. The first kappa shape index (κ1) is 11.1. The number of H-pyrrole nitrogens is 1. The molecule has 1 aromatic heterocycles. The zero-order chi connectivity index (χ0) is 11.7. The maximum atomic E-state index is 13.8. The highest BCUT2D eigenvalue weighted by Gasteiger charge is 2.37. The van der Waals surface area contributed by atoms with Gasteiger partial charge in [0.25, 0.3) is 5.56 Å². The van der Waals surface area contributed by atoms with Gasteiger partial charge in [-0.25, -0.2) is 9.18 Å². The number of hydrogen-bond acceptors (Lipinski definition) is 3. The predicted molar refractivity (Wildman–Crippen MR) is 55.1 cm³/mol. The van der Waals surface area contributed by atoms with Gasteiger partial charge in [-0.05, 0) is 12.8 Å². The van der Waals surface area contributed by atoms with E-state index in [9.17, 15) is 14.0 Å². The average Bonchev–Trinajstić information content (AvgIpc) is 2.60. The Hall–Kier alpha value is -1.43. The van der Waals surface area contributed by atoms with Gasteiger partial charge in [-0.1, -0.05) is 0 Å². The van der Waals surface area contributed by atoms with Crippen molar-refractivity contribution in [3.8, 4) is 0 Å². The van der Waals surface area contributed by atoms with Crippen LogP contribution in [0.2, 0.25) is 0 Å². The first-order valence-corrected chi connectivity index (χ1v) is 5.20. The molecule has 0 radical (unpaired) electrons. The van der Waals surface area contributed by atoms with Crippen molar-refractivity contribution in [3.05, 3.63) is 33.1 Å². The van der Waals surface area contributed by atoms with Crippen molar-refractivity contribution < 1.29 is 9.50 Å². The molecule has 6 heteroatoms. The second-order valence-electron chi connectivity index (χ2n) is 4.05. The zero-order valence-electron chi connectivity index (χ0n) is 8.60. The molecule has 1 saturated carbocycles. The molecule has 3 atom stereocenters. The van der Waals surface area contributed by atoms with Gasteiger partial charge in [-0.3, -0.25) is 14.3 Å². The first-order valence-electron chi connectivity index (χ1n) is 5.20. The smallest absolute Gasteiger partial charge is 0.328 e. The van der Waals surface area contributed by atoms with Gasteiger partial charge in [-0.2, -0.15) is 0 Å². The molecular formula is C10H13FN2O3. The van der Waals surface area contributed by atoms with Gasteiger partial charge < -0.3 is 5.11 Å². The molecule has 1 heterocycles. The van der Waals surface area contributed by atoms with E-state index >= 15 is 0 Å². The van der Waals surface area contributed by atoms with E-state index in [0.29, 0.717) is 12.8 Å². The lowest BCUT2D eigenvalue weighted by Gasteiger charge is -2.17. The average molecular weight is 228 g/mol. The summed E-state index contributed by atoms with van der Waals surface area (Å²) >= 11 is 0. The summed E-state index contributed by atoms with van der Waals surface area (Å²) in [5.74, 6) is -0.413. The van der Waals surface area contributed by atoms with Crippen LogP contribution in [-0.4, -0.2) is 27.4 Å². The molecule has 0 spiro atoms. The number of hydrogen-bond donors (Lipinski definition) is 2. The first-order chi connectivity index (χ1) is 7.63. The number of aliphatic hydroxyl groups is 1. The number of aliphatic hydroxyl groups excluding tert-OH is 1. The second kappa shape index (κ2) is 4.21. The van der Waals surface area contributed by atoms with Gasteiger partial charge in [0.2, 0.25) is 0 Å². The summed E-state index contributed by atoms with van der Waals surface area (Å²) in [7, 11) is 0. The van der Waals surface area contributed by atoms with E-state index in [1.165, 1.54) is 16.8 Å². The Balaban J connectivity index is 2.32. The van der Waals surface area contributed by atoms with Gasteiger partial charge >= 0.3 is 5.69 Å². The molecule has 0 aliphatic heterocycles. The van der Waals surface area contributed by atoms with E-state index in [0.717, 1.165) is 0 Å². The Bertz CT molecular complexity index is 481. The summed E-state index contributed by atoms with van der Waals surface area (Å²) in [6.45, 7) is -0.213. The van der Waals surface area contributed by atoms with Crippen LogP contribution in [0.5, 0.6) is 0 Å². The minimum atomic E-state index is -1.24. The molecule has 0 saturated heterocycles. The van der Waals surface area contributed by atoms with Crippen molar-refractivity contribution in [1.29, 1.82) is 0 Å². The largest absolute Gasteiger partial charge is 0.396 e. The lowest BCUT2D eigenvalue weighted by Crippen LogP contribution is -2.34. The fraction of sp³-hybridized carbons (Fsp3) is 0.600. The standard InChI is InChI=1S/C10H13FN2O3/c11-9-6(5-14)1-2-7(9)13-4-3-8(15)12-10(13)16/h3-4,6-7,9,14H,1-2,5H2,(H,12,15,16)/t6-,7-,9+/m0/s1. The summed E-state index contributed by atoms with van der Waals surface area (Å²) in [6, 6.07) is 0.613. The molecule has 2 N–H and O–H groups in total. The van der Waals surface area contributed by atoms with E-state index in [1.54, 1.807) is 0 Å². The normalized spacial score (nSPS) is 29.5. The van der Waals surface area contributed by atoms with Gasteiger partial charge in [0, 0.05) is 24.8 Å². The number of aromatic amines is 1. The van der Waals surface area contributed by atoms with E-state index < -0.39 is 29.4 Å². The molecule has 88 valence electrons. The number of nitrogens with one attached hydrogen (secondary N) is 1. The van der Waals surface area contributed by atoms with Gasteiger partial charge in [0.05, 0.1) is 6.04 Å². The van der Waals surface area contributed by atoms with Crippen LogP contribution >= 0.6 is 0 Å². The molecular weight excluding hydrogens is 215 g/mol. The molecule has 0 bridgehead atoms. The summed E-state index contributed by atoms with van der Waals surface area (Å²) in [5, 5.41) is 8.93. The maximum Gasteiger partial charge on any atom is 0.328 e. The quantitative estimate of drug-likeness (QED) is 0.737. The highest BCUT2D eigenvalue weighted by molar-refractivity contribution is 4.93. The topological polar surface area (TPSA) is 75.1 Å². The third-order valence-electron chi connectivity index (χ3n) is 3.09. The Kier molecular flexibility index (Phi) is 2.91. The lowest BCUT2D eigenvalue weighted by molar-refractivity contribution is 0.139. The van der Waals surface area contributed by atoms with E-state index in [2.05, 4.69) is 4.98 Å². The molecule has 0 unspecified atom stereocenters. The Labute approximate surface area is 90.5 Å². The van der Waals surface area contributed by atoms with Gasteiger partial charge in [0.15, 0.2) is 0 Å². The Morgan fingerprint density at radius 3 is 2.81 bits per heavy atom. The summed E-state index contributed by atoms with van der Waals surface area (Å²) < 4.78 is 15.0. The molecule has 0 aromatic carbocycles. The number of alkyl halides is 1. The molecule has 5 nitrogen and oxygen atoms in total. The van der Waals surface area contributed by atoms with Gasteiger partial charge in [0.1, 0.15) is 6.17 Å². The fourth-order valence-corrected chi connectivity index (χ4v) is 2.19. The molecule has 2 rings (SSSR count). The van der Waals surface area contributed by atoms with E-state index in [-0.39, 0.29) is 6.61 Å². The molecule has 0 amide bonds. The number of nitrogens with zero attached hydrogens (tertiary/aromatic N) is 1. The Morgan fingerprint density at radius 1 is 1.50 bits per heavy atom. The van der Waals surface area contributed by atoms with E-state index in [1.807, 2.05) is 0 Å². The molecule has 16 heavy (non-hydrogen) atoms. The summed E-state index contributed by atoms with van der Waals surface area (Å²) in [4.78, 5) is 24.4. The minimum Gasteiger partial charge on any atom is -0.396 e. The van der Waals surface area contributed by atoms with Gasteiger partial charge in [-0.15, -0.1) is 0 Å². The monoisotopic (exact) mass is 228 g/mol. The third kappa shape index (κ3) is 1.80. The minimum absolute atomic E-state index is 0.213. The van der Waals surface area contributed by atoms with Crippen molar-refractivity contribution in [3.63, 3.8) is 0 Å². The van der Waals surface area contributed by atoms with Crippen molar-refractivity contribution in [1.82, 2.24) is 9.55 Å². The highest BCUT2D eigenvalue weighted by atomic mass is 19.1. The summed E-state index contributed by atoms with van der Waals surface area (Å²) in [6.07, 6.45) is 1.11. The Morgan fingerprint density at radius 2 is 2.25 bits per heavy atom. The van der Waals surface area contributed by atoms with Crippen LogP contribution < -0.4 is 11.2 Å². The lowest BCUT2D eigenvalue weighted by atomic mass is 10.1. The maximum absolute atomic E-state index is 13.8. The second-order valence-corrected chi connectivity index (χ2v) is 4.05. The predicted octanol–water partition coefficient (Wildman–Crippen LogP) is -0.182. The van der Waals surface area contributed by atoms with Crippen LogP contribution in [0.3, 0.4) is 0 Å². The van der Waals surface area contributed by atoms with Crippen LogP contribution in [0.4, 0.5) is 4.39 Å². The SMILES string of the molecule is O=c1ccn([C@H]2CC[C@@H](CO)[C@H]2F)c(=O)[nH]1. The van der Waals surface area contributed by atoms with Crippen molar-refractivity contribution in [2.75, 3.05) is 6.61 Å². The molecule has 1 aliphatic rings. The number of aromatic nitrogens is 2. The van der Waals surface area contributed by atoms with Crippen LogP contribution in [0.25, 0.3) is 0 Å². The van der Waals surface area contributed by atoms with Crippen molar-refractivity contribution in [2.24, 2.45) is 5.92 Å². The fourth-order valence-electron chi connectivity index (χ4n) is 2.19. The van der Waals surface area contributed by atoms with Crippen LogP contribution in [0.1, 0.15) is 18.9 Å². The van der Waals surface area contributed by atoms with E-state index in [4.69, 9.17) is 5.11 Å². The van der Waals surface area contributed by atoms with Crippen LogP contribution in [0.15, 0.2) is 21.9 Å². The van der Waals surface area contributed by atoms with Crippen LogP contribution in [-0.2, 0) is 0 Å². The van der Waals surface area contributed by atoms with Crippen molar-refractivity contribution >= 4 is 0 Å². The number of halogens is 1. The van der Waals surface area contributed by atoms with Crippen molar-refractivity contribution in [2.45, 2.75) is 25.1 Å².